The van der Waals surface area contributed by atoms with Crippen LogP contribution >= 0.6 is 0 Å². The van der Waals surface area contributed by atoms with Crippen LogP contribution in [-0.4, -0.2) is 39.1 Å². The van der Waals surface area contributed by atoms with E-state index in [9.17, 15) is 14.9 Å². The van der Waals surface area contributed by atoms with Crippen LogP contribution < -0.4 is 0 Å². The third kappa shape index (κ3) is 3.00. The molecule has 0 aliphatic carbocycles. The molecule has 0 bridgehead atoms. The van der Waals surface area contributed by atoms with Crippen molar-refractivity contribution in [2.45, 2.75) is 0 Å². The zero-order valence-corrected chi connectivity index (χ0v) is 5.93. The first-order valence-corrected chi connectivity index (χ1v) is 3.09. The van der Waals surface area contributed by atoms with E-state index < -0.39 is 10.9 Å². The van der Waals surface area contributed by atoms with Gasteiger partial charge in [0, 0.05) is 12.1 Å². The van der Waals surface area contributed by atoms with E-state index in [2.05, 4.69) is 0 Å². The summed E-state index contributed by atoms with van der Waals surface area (Å²) in [6.45, 7) is 0. The number of carbonyl (C=O) groups is 1. The highest BCUT2D eigenvalue weighted by Crippen LogP contribution is 2.11. The van der Waals surface area contributed by atoms with Gasteiger partial charge in [0.1, 0.15) is 0 Å². The fraction of sp³-hybridized carbons (Fsp3) is 0. The highest BCUT2D eigenvalue weighted by molar-refractivity contribution is 5.87. The van der Waals surface area contributed by atoms with Crippen molar-refractivity contribution >= 4 is 34.7 Å². The summed E-state index contributed by atoms with van der Waals surface area (Å²) in [6.07, 6.45) is 0. The number of nitro benzene ring substituents is 1. The molecule has 0 aliphatic heterocycles. The van der Waals surface area contributed by atoms with Gasteiger partial charge in [0.15, 0.2) is 0 Å². The molecule has 0 saturated carbocycles. The van der Waals surface area contributed by atoms with Gasteiger partial charge in [-0.3, -0.25) is 10.1 Å². The van der Waals surface area contributed by atoms with E-state index in [1.165, 1.54) is 12.1 Å². The van der Waals surface area contributed by atoms with Crippen LogP contribution in [0.1, 0.15) is 10.4 Å². The Morgan fingerprint density at radius 3 is 2.08 bits per heavy atom. The molecule has 0 saturated heterocycles. The molecule has 66 valence electrons. The lowest BCUT2D eigenvalue weighted by Crippen LogP contribution is -1.96. The van der Waals surface area contributed by atoms with Gasteiger partial charge in [-0.25, -0.2) is 4.79 Å². The molecule has 6 heteroatoms. The van der Waals surface area contributed by atoms with Crippen molar-refractivity contribution in [3.05, 3.63) is 39.9 Å². The van der Waals surface area contributed by atoms with Gasteiger partial charge >= 0.3 is 29.0 Å². The Kier molecular flexibility index (Phi) is 4.36. The molecular weight excluding hydrogens is 186 g/mol. The van der Waals surface area contributed by atoms with E-state index in [0.717, 1.165) is 12.1 Å². The lowest BCUT2D eigenvalue weighted by molar-refractivity contribution is -0.384. The maximum Gasteiger partial charge on any atom is 0.335 e. The van der Waals surface area contributed by atoms with E-state index in [0.29, 0.717) is 0 Å². The summed E-state index contributed by atoms with van der Waals surface area (Å²) < 4.78 is 0. The van der Waals surface area contributed by atoms with Crippen molar-refractivity contribution in [1.29, 1.82) is 0 Å². The van der Waals surface area contributed by atoms with Crippen LogP contribution in [0.3, 0.4) is 0 Å². The van der Waals surface area contributed by atoms with Gasteiger partial charge in [0.2, 0.25) is 0 Å². The Balaban J connectivity index is 0.00000144. The largest absolute Gasteiger partial charge is 0.478 e. The van der Waals surface area contributed by atoms with Gasteiger partial charge in [0.05, 0.1) is 10.5 Å². The van der Waals surface area contributed by atoms with Crippen molar-refractivity contribution in [3.63, 3.8) is 0 Å². The molecule has 1 aromatic carbocycles. The summed E-state index contributed by atoms with van der Waals surface area (Å²) >= 11 is 0. The molecule has 0 aliphatic rings. The van der Waals surface area contributed by atoms with E-state index in [-0.39, 0.29) is 34.3 Å². The highest BCUT2D eigenvalue weighted by Gasteiger charge is 2.06. The molecule has 0 radical (unpaired) electrons. The van der Waals surface area contributed by atoms with Crippen LogP contribution in [0.5, 0.6) is 0 Å². The molecular formula is C7H7MgNO4. The van der Waals surface area contributed by atoms with Crippen molar-refractivity contribution in [2.75, 3.05) is 0 Å². The topological polar surface area (TPSA) is 80.4 Å². The highest BCUT2D eigenvalue weighted by atomic mass is 24.3. The number of benzene rings is 1. The number of rotatable bonds is 2. The lowest BCUT2D eigenvalue weighted by Gasteiger charge is -1.92. The summed E-state index contributed by atoms with van der Waals surface area (Å²) in [5, 5.41) is 18.6. The third-order valence-electron chi connectivity index (χ3n) is 1.33. The molecule has 13 heavy (non-hydrogen) atoms. The Morgan fingerprint density at radius 2 is 1.77 bits per heavy atom. The van der Waals surface area contributed by atoms with Crippen LogP contribution in [0.25, 0.3) is 0 Å². The first-order valence-electron chi connectivity index (χ1n) is 3.09. The van der Waals surface area contributed by atoms with Crippen LogP contribution in [0.2, 0.25) is 0 Å². The predicted octanol–water partition coefficient (Wildman–Crippen LogP) is 0.377. The fourth-order valence-electron chi connectivity index (χ4n) is 0.726. The van der Waals surface area contributed by atoms with Crippen molar-refractivity contribution < 1.29 is 14.8 Å². The van der Waals surface area contributed by atoms with Crippen LogP contribution in [-0.2, 0) is 0 Å². The smallest absolute Gasteiger partial charge is 0.335 e. The normalized spacial score (nSPS) is 8.62. The molecule has 0 aromatic heterocycles. The molecule has 1 N–H and O–H groups in total. The van der Waals surface area contributed by atoms with Gasteiger partial charge < -0.3 is 5.11 Å². The second-order valence-electron chi connectivity index (χ2n) is 2.11. The fourth-order valence-corrected chi connectivity index (χ4v) is 0.726. The zero-order chi connectivity index (χ0) is 9.14. The number of carboxylic acids is 1. The zero-order valence-electron chi connectivity index (χ0n) is 5.93. The van der Waals surface area contributed by atoms with Gasteiger partial charge in [0.25, 0.3) is 5.69 Å². The molecule has 0 heterocycles. The van der Waals surface area contributed by atoms with E-state index in [1.54, 1.807) is 0 Å². The summed E-state index contributed by atoms with van der Waals surface area (Å²) in [6, 6.07) is 4.70. The van der Waals surface area contributed by atoms with E-state index in [1.807, 2.05) is 0 Å². The number of nitrogens with zero attached hydrogens (tertiary/aromatic N) is 1. The van der Waals surface area contributed by atoms with Crippen molar-refractivity contribution in [2.24, 2.45) is 0 Å². The third-order valence-corrected chi connectivity index (χ3v) is 1.33. The first-order chi connectivity index (χ1) is 5.61. The van der Waals surface area contributed by atoms with Gasteiger partial charge in [-0.15, -0.1) is 0 Å². The molecule has 0 fully saturated rings. The minimum atomic E-state index is -1.09. The van der Waals surface area contributed by atoms with Crippen LogP contribution in [0, 0.1) is 10.1 Å². The van der Waals surface area contributed by atoms with Gasteiger partial charge in [-0.05, 0) is 12.1 Å². The molecule has 0 atom stereocenters. The van der Waals surface area contributed by atoms with Crippen molar-refractivity contribution in [1.82, 2.24) is 0 Å². The molecule has 0 spiro atoms. The van der Waals surface area contributed by atoms with Gasteiger partial charge in [-0.1, -0.05) is 0 Å². The Hall–Kier alpha value is -1.14. The number of nitro groups is 1. The average Bonchev–Trinajstić information content (AvgIpc) is 2.04. The molecule has 5 nitrogen and oxygen atoms in total. The Bertz CT molecular complexity index is 289. The summed E-state index contributed by atoms with van der Waals surface area (Å²) in [5.74, 6) is -1.09. The van der Waals surface area contributed by atoms with Crippen LogP contribution in [0.4, 0.5) is 5.69 Å². The first kappa shape index (κ1) is 11.9. The quantitative estimate of drug-likeness (QED) is 0.418. The number of non-ortho nitro benzene ring substituents is 1. The summed E-state index contributed by atoms with van der Waals surface area (Å²) in [4.78, 5) is 19.9. The maximum absolute atomic E-state index is 10.3. The molecule has 0 amide bonds. The molecule has 0 unspecified atom stereocenters. The number of carboxylic acid groups (broad SMARTS) is 1. The number of aromatic carboxylic acids is 1. The van der Waals surface area contributed by atoms with Crippen LogP contribution in [0.15, 0.2) is 24.3 Å². The minimum absolute atomic E-state index is 0. The number of hydrogen-bond acceptors (Lipinski definition) is 3. The maximum atomic E-state index is 10.3. The van der Waals surface area contributed by atoms with E-state index >= 15 is 0 Å². The second-order valence-corrected chi connectivity index (χ2v) is 2.11. The number of hydrogen-bond donors (Lipinski definition) is 1. The average molecular weight is 193 g/mol. The Labute approximate surface area is 89.7 Å². The summed E-state index contributed by atoms with van der Waals surface area (Å²) in [7, 11) is 0. The predicted molar refractivity (Wildman–Crippen MR) is 48.6 cm³/mol. The SMILES string of the molecule is O=C(O)c1ccc([N+](=O)[O-])cc1.[MgH2]. The molecule has 1 rings (SSSR count). The van der Waals surface area contributed by atoms with Crippen molar-refractivity contribution in [3.8, 4) is 0 Å². The molecule has 1 aromatic rings. The monoisotopic (exact) mass is 193 g/mol. The standard InChI is InChI=1S/C7H5NO4.Mg.2H/c9-7(10)5-1-3-6(4-2-5)8(11)12;;;/h1-4H,(H,9,10);;;. The minimum Gasteiger partial charge on any atom is -0.478 e. The lowest BCUT2D eigenvalue weighted by atomic mass is 10.2. The van der Waals surface area contributed by atoms with E-state index in [4.69, 9.17) is 5.11 Å². The Morgan fingerprint density at radius 1 is 1.31 bits per heavy atom. The van der Waals surface area contributed by atoms with Gasteiger partial charge in [-0.2, -0.15) is 0 Å². The second kappa shape index (κ2) is 4.78. The summed E-state index contributed by atoms with van der Waals surface area (Å²) in [5.41, 5.74) is -0.0689.